The summed E-state index contributed by atoms with van der Waals surface area (Å²) in [4.78, 5) is 12.8. The number of imidazole rings is 1. The molecule has 2 aromatic heterocycles. The Morgan fingerprint density at radius 2 is 2.11 bits per heavy atom. The monoisotopic (exact) mass is 368 g/mol. The van der Waals surface area contributed by atoms with Crippen molar-refractivity contribution in [3.63, 3.8) is 0 Å². The number of nitrogens with zero attached hydrogens (tertiary/aromatic N) is 4. The maximum Gasteiger partial charge on any atom is 0.333 e. The lowest BCUT2D eigenvalue weighted by atomic mass is 10.1. The van der Waals surface area contributed by atoms with E-state index in [1.165, 1.54) is 0 Å². The Morgan fingerprint density at radius 1 is 1.26 bits per heavy atom. The minimum atomic E-state index is -0.0811. The maximum absolute atomic E-state index is 12.8. The van der Waals surface area contributed by atoms with E-state index in [0.29, 0.717) is 6.54 Å². The van der Waals surface area contributed by atoms with Gasteiger partial charge in [0.2, 0.25) is 0 Å². The highest BCUT2D eigenvalue weighted by molar-refractivity contribution is 5.39. The third-order valence-corrected chi connectivity index (χ3v) is 4.78. The van der Waals surface area contributed by atoms with Crippen molar-refractivity contribution in [1.29, 1.82) is 0 Å². The molecule has 7 nitrogen and oxygen atoms in total. The minimum Gasteiger partial charge on any atom is -0.490 e. The van der Waals surface area contributed by atoms with E-state index >= 15 is 0 Å². The Morgan fingerprint density at radius 3 is 2.89 bits per heavy atom. The van der Waals surface area contributed by atoms with Crippen LogP contribution < -0.4 is 10.4 Å². The molecule has 1 fully saturated rings. The van der Waals surface area contributed by atoms with Crippen LogP contribution in [0, 0.1) is 0 Å². The Hall–Kier alpha value is -2.80. The van der Waals surface area contributed by atoms with E-state index in [-0.39, 0.29) is 11.8 Å². The van der Waals surface area contributed by atoms with Gasteiger partial charge in [-0.05, 0) is 19.1 Å². The first-order valence-electron chi connectivity index (χ1n) is 9.37. The van der Waals surface area contributed by atoms with Crippen molar-refractivity contribution in [1.82, 2.24) is 18.9 Å². The second kappa shape index (κ2) is 7.84. The average molecular weight is 368 g/mol. The molecule has 0 saturated carbocycles. The van der Waals surface area contributed by atoms with Crippen molar-refractivity contribution in [2.75, 3.05) is 13.2 Å². The normalized spacial score (nSPS) is 15.1. The topological polar surface area (TPSA) is 63.2 Å². The van der Waals surface area contributed by atoms with Crippen LogP contribution in [-0.2, 0) is 17.8 Å². The summed E-state index contributed by atoms with van der Waals surface area (Å²) in [5, 5.41) is 4.26. The standard InChI is InChI=1S/C20H24N4O3/c1-2-23-15-16(13-21-23)14-22-8-9-24(20(22)25)17-4-3-5-19(12-17)27-18-6-10-26-11-7-18/h3-5,8-9,12-13,15,18H,2,6-7,10-11,14H2,1H3. The van der Waals surface area contributed by atoms with Crippen LogP contribution in [0.5, 0.6) is 5.75 Å². The van der Waals surface area contributed by atoms with Crippen molar-refractivity contribution >= 4 is 0 Å². The van der Waals surface area contributed by atoms with Crippen molar-refractivity contribution in [2.45, 2.75) is 39.0 Å². The number of aromatic nitrogens is 4. The van der Waals surface area contributed by atoms with E-state index in [9.17, 15) is 4.79 Å². The number of aryl methyl sites for hydroxylation is 1. The predicted octanol–water partition coefficient (Wildman–Crippen LogP) is 2.46. The van der Waals surface area contributed by atoms with Crippen LogP contribution in [0.1, 0.15) is 25.3 Å². The number of benzene rings is 1. The Labute approximate surface area is 157 Å². The Bertz CT molecular complexity index is 950. The highest BCUT2D eigenvalue weighted by atomic mass is 16.5. The van der Waals surface area contributed by atoms with Gasteiger partial charge < -0.3 is 9.47 Å². The third kappa shape index (κ3) is 3.98. The van der Waals surface area contributed by atoms with Gasteiger partial charge in [0.15, 0.2) is 0 Å². The summed E-state index contributed by atoms with van der Waals surface area (Å²) in [6.45, 7) is 4.83. The van der Waals surface area contributed by atoms with Crippen LogP contribution in [-0.4, -0.2) is 38.2 Å². The molecule has 0 N–H and O–H groups in total. The van der Waals surface area contributed by atoms with Crippen LogP contribution in [0.25, 0.3) is 5.69 Å². The SMILES string of the molecule is CCn1cc(Cn2ccn(-c3cccc(OC4CCOCC4)c3)c2=O)cn1. The fourth-order valence-electron chi connectivity index (χ4n) is 3.28. The zero-order chi connectivity index (χ0) is 18.6. The zero-order valence-corrected chi connectivity index (χ0v) is 15.5. The molecule has 0 spiro atoms. The molecular weight excluding hydrogens is 344 g/mol. The van der Waals surface area contributed by atoms with E-state index in [4.69, 9.17) is 9.47 Å². The molecule has 0 radical (unpaired) electrons. The number of rotatable bonds is 6. The smallest absolute Gasteiger partial charge is 0.333 e. The molecule has 3 aromatic rings. The van der Waals surface area contributed by atoms with Crippen molar-refractivity contribution < 1.29 is 9.47 Å². The summed E-state index contributed by atoms with van der Waals surface area (Å²) in [6, 6.07) is 7.67. The summed E-state index contributed by atoms with van der Waals surface area (Å²) in [5.41, 5.74) is 1.73. The van der Waals surface area contributed by atoms with Gasteiger partial charge in [-0.1, -0.05) is 6.07 Å². The fraction of sp³-hybridized carbons (Fsp3) is 0.400. The molecule has 0 bridgehead atoms. The van der Waals surface area contributed by atoms with Crippen LogP contribution >= 0.6 is 0 Å². The molecule has 27 heavy (non-hydrogen) atoms. The average Bonchev–Trinajstić information content (AvgIpc) is 3.30. The van der Waals surface area contributed by atoms with Gasteiger partial charge in [-0.2, -0.15) is 5.10 Å². The second-order valence-electron chi connectivity index (χ2n) is 6.71. The molecule has 1 aliphatic rings. The minimum absolute atomic E-state index is 0.0811. The van der Waals surface area contributed by atoms with Crippen LogP contribution in [0.4, 0.5) is 0 Å². The molecule has 3 heterocycles. The van der Waals surface area contributed by atoms with Crippen LogP contribution in [0.3, 0.4) is 0 Å². The quantitative estimate of drug-likeness (QED) is 0.671. The maximum atomic E-state index is 12.8. The zero-order valence-electron chi connectivity index (χ0n) is 15.5. The molecule has 0 aliphatic carbocycles. The molecule has 0 atom stereocenters. The van der Waals surface area contributed by atoms with Gasteiger partial charge in [-0.3, -0.25) is 13.8 Å². The van der Waals surface area contributed by atoms with Gasteiger partial charge in [0.25, 0.3) is 0 Å². The summed E-state index contributed by atoms with van der Waals surface area (Å²) < 4.78 is 16.6. The Balaban J connectivity index is 1.52. The lowest BCUT2D eigenvalue weighted by Crippen LogP contribution is -2.26. The molecule has 142 valence electrons. The molecule has 1 saturated heterocycles. The van der Waals surface area contributed by atoms with Gasteiger partial charge in [0, 0.05) is 49.6 Å². The van der Waals surface area contributed by atoms with Crippen LogP contribution in [0.15, 0.2) is 53.8 Å². The highest BCUT2D eigenvalue weighted by Gasteiger charge is 2.16. The van der Waals surface area contributed by atoms with Crippen LogP contribution in [0.2, 0.25) is 0 Å². The second-order valence-corrected chi connectivity index (χ2v) is 6.71. The molecule has 1 aromatic carbocycles. The summed E-state index contributed by atoms with van der Waals surface area (Å²) in [7, 11) is 0. The lowest BCUT2D eigenvalue weighted by molar-refractivity contribution is 0.0256. The molecular formula is C20H24N4O3. The lowest BCUT2D eigenvalue weighted by Gasteiger charge is -2.23. The van der Waals surface area contributed by atoms with Gasteiger partial charge in [-0.15, -0.1) is 0 Å². The van der Waals surface area contributed by atoms with Gasteiger partial charge >= 0.3 is 5.69 Å². The van der Waals surface area contributed by atoms with E-state index in [1.54, 1.807) is 27.7 Å². The van der Waals surface area contributed by atoms with Gasteiger partial charge in [0.05, 0.1) is 31.6 Å². The van der Waals surface area contributed by atoms with E-state index in [1.807, 2.05) is 42.1 Å². The summed E-state index contributed by atoms with van der Waals surface area (Å²) in [5.74, 6) is 0.781. The molecule has 0 unspecified atom stereocenters. The first-order chi connectivity index (χ1) is 13.2. The summed E-state index contributed by atoms with van der Waals surface area (Å²) in [6.07, 6.45) is 9.32. The van der Waals surface area contributed by atoms with Crippen molar-refractivity contribution in [2.24, 2.45) is 0 Å². The van der Waals surface area contributed by atoms with Gasteiger partial charge in [-0.25, -0.2) is 4.79 Å². The van der Waals surface area contributed by atoms with Crippen molar-refractivity contribution in [3.05, 3.63) is 65.1 Å². The first kappa shape index (κ1) is 17.6. The van der Waals surface area contributed by atoms with Gasteiger partial charge in [0.1, 0.15) is 11.9 Å². The largest absolute Gasteiger partial charge is 0.490 e. The molecule has 4 rings (SSSR count). The molecule has 7 heteroatoms. The fourth-order valence-corrected chi connectivity index (χ4v) is 3.28. The highest BCUT2D eigenvalue weighted by Crippen LogP contribution is 2.20. The van der Waals surface area contributed by atoms with Crippen molar-refractivity contribution in [3.8, 4) is 11.4 Å². The number of ether oxygens (including phenoxy) is 2. The molecule has 1 aliphatic heterocycles. The number of hydrogen-bond acceptors (Lipinski definition) is 4. The molecule has 0 amide bonds. The summed E-state index contributed by atoms with van der Waals surface area (Å²) >= 11 is 0. The predicted molar refractivity (Wildman–Crippen MR) is 102 cm³/mol. The Kier molecular flexibility index (Phi) is 5.11. The number of hydrogen-bond donors (Lipinski definition) is 0. The first-order valence-corrected chi connectivity index (χ1v) is 9.37. The van der Waals surface area contributed by atoms with E-state index in [2.05, 4.69) is 5.10 Å². The van der Waals surface area contributed by atoms with E-state index in [0.717, 1.165) is 49.6 Å². The van der Waals surface area contributed by atoms with E-state index < -0.39 is 0 Å². The third-order valence-electron chi connectivity index (χ3n) is 4.78.